The third kappa shape index (κ3) is 9.61. The third-order valence-corrected chi connectivity index (χ3v) is 8.04. The third-order valence-electron chi connectivity index (χ3n) is 6.98. The molecule has 2 amide bonds. The Hall–Kier alpha value is -3.87. The standard InChI is InChI=1S/C35H35ClN2O3S/c1-2-3-9-34(40)37-31-20-16-27(17-21-31)26-12-14-28(15-13-26)33(39)24-29(11-10-25-7-5-4-6-8-25)35(41)38-42-32-22-18-30(36)19-23-32/h4-8,12-23,29H,2-3,9-11,24H2,1H3,(H,37,40)(H,38,41). The highest BCUT2D eigenvalue weighted by atomic mass is 35.5. The molecule has 0 saturated heterocycles. The number of ketones is 1. The Balaban J connectivity index is 1.39. The number of rotatable bonds is 14. The van der Waals surface area contributed by atoms with Gasteiger partial charge in [0.25, 0.3) is 0 Å². The summed E-state index contributed by atoms with van der Waals surface area (Å²) in [4.78, 5) is 39.4. The quantitative estimate of drug-likeness (QED) is 0.112. The maximum atomic E-state index is 13.3. The van der Waals surface area contributed by atoms with Crippen LogP contribution in [0.3, 0.4) is 0 Å². The van der Waals surface area contributed by atoms with Crippen molar-refractivity contribution < 1.29 is 14.4 Å². The van der Waals surface area contributed by atoms with Crippen LogP contribution in [0.15, 0.2) is 108 Å². The maximum absolute atomic E-state index is 13.3. The molecule has 0 aliphatic heterocycles. The lowest BCUT2D eigenvalue weighted by atomic mass is 9.91. The summed E-state index contributed by atoms with van der Waals surface area (Å²) in [6.07, 6.45) is 3.74. The summed E-state index contributed by atoms with van der Waals surface area (Å²) < 4.78 is 2.92. The molecule has 0 saturated carbocycles. The van der Waals surface area contributed by atoms with Gasteiger partial charge in [0, 0.05) is 39.9 Å². The molecule has 0 spiro atoms. The van der Waals surface area contributed by atoms with Gasteiger partial charge in [-0.3, -0.25) is 19.1 Å². The molecule has 0 heterocycles. The largest absolute Gasteiger partial charge is 0.326 e. The summed E-state index contributed by atoms with van der Waals surface area (Å²) >= 11 is 7.20. The number of aryl methyl sites for hydroxylation is 1. The van der Waals surface area contributed by atoms with Crippen molar-refractivity contribution in [1.29, 1.82) is 0 Å². The van der Waals surface area contributed by atoms with Crippen LogP contribution in [-0.4, -0.2) is 17.6 Å². The van der Waals surface area contributed by atoms with E-state index in [1.54, 1.807) is 12.1 Å². The van der Waals surface area contributed by atoms with E-state index in [2.05, 4.69) is 17.0 Å². The van der Waals surface area contributed by atoms with Gasteiger partial charge in [-0.05, 0) is 84.3 Å². The van der Waals surface area contributed by atoms with Gasteiger partial charge < -0.3 is 5.32 Å². The molecule has 0 aliphatic carbocycles. The van der Waals surface area contributed by atoms with Crippen LogP contribution in [0.1, 0.15) is 54.9 Å². The van der Waals surface area contributed by atoms with Crippen molar-refractivity contribution in [1.82, 2.24) is 4.72 Å². The molecular formula is C35H35ClN2O3S. The summed E-state index contributed by atoms with van der Waals surface area (Å²) in [7, 11) is 0. The lowest BCUT2D eigenvalue weighted by molar-refractivity contribution is -0.123. The molecular weight excluding hydrogens is 564 g/mol. The smallest absolute Gasteiger partial charge is 0.233 e. The van der Waals surface area contributed by atoms with Gasteiger partial charge in [-0.1, -0.05) is 91.7 Å². The molecule has 7 heteroatoms. The molecule has 2 N–H and O–H groups in total. The number of hydrogen-bond donors (Lipinski definition) is 2. The van der Waals surface area contributed by atoms with Crippen molar-refractivity contribution in [3.05, 3.63) is 119 Å². The SMILES string of the molecule is CCCCC(=O)Nc1ccc(-c2ccc(C(=O)CC(CCc3ccccc3)C(=O)NSc3ccc(Cl)cc3)cc2)cc1. The van der Waals surface area contributed by atoms with Crippen molar-refractivity contribution >= 4 is 46.8 Å². The van der Waals surface area contributed by atoms with Crippen molar-refractivity contribution in [2.24, 2.45) is 5.92 Å². The fraction of sp³-hybridized carbons (Fsp3) is 0.229. The maximum Gasteiger partial charge on any atom is 0.233 e. The number of nitrogens with one attached hydrogen (secondary N) is 2. The van der Waals surface area contributed by atoms with E-state index in [-0.39, 0.29) is 24.0 Å². The van der Waals surface area contributed by atoms with Crippen LogP contribution in [0.4, 0.5) is 5.69 Å². The summed E-state index contributed by atoms with van der Waals surface area (Å²) in [6.45, 7) is 2.06. The van der Waals surface area contributed by atoms with Crippen LogP contribution in [0.2, 0.25) is 5.02 Å². The molecule has 0 bridgehead atoms. The molecule has 42 heavy (non-hydrogen) atoms. The highest BCUT2D eigenvalue weighted by Gasteiger charge is 2.23. The summed E-state index contributed by atoms with van der Waals surface area (Å²) in [6, 6.07) is 32.3. The monoisotopic (exact) mass is 598 g/mol. The second-order valence-electron chi connectivity index (χ2n) is 10.2. The Morgan fingerprint density at radius 3 is 2.10 bits per heavy atom. The van der Waals surface area contributed by atoms with E-state index in [0.717, 1.165) is 40.1 Å². The van der Waals surface area contributed by atoms with Crippen LogP contribution in [0, 0.1) is 5.92 Å². The molecule has 1 atom stereocenters. The number of anilines is 1. The number of halogens is 1. The van der Waals surface area contributed by atoms with E-state index in [0.29, 0.717) is 29.8 Å². The molecule has 4 aromatic carbocycles. The predicted octanol–water partition coefficient (Wildman–Crippen LogP) is 8.78. The molecule has 216 valence electrons. The van der Waals surface area contributed by atoms with Gasteiger partial charge >= 0.3 is 0 Å². The van der Waals surface area contributed by atoms with Crippen LogP contribution in [-0.2, 0) is 16.0 Å². The zero-order valence-electron chi connectivity index (χ0n) is 23.6. The zero-order valence-corrected chi connectivity index (χ0v) is 25.2. The Bertz CT molecular complexity index is 1460. The molecule has 0 aliphatic rings. The van der Waals surface area contributed by atoms with Gasteiger partial charge in [0.15, 0.2) is 5.78 Å². The summed E-state index contributed by atoms with van der Waals surface area (Å²) in [5.74, 6) is -0.696. The summed E-state index contributed by atoms with van der Waals surface area (Å²) in [5.41, 5.74) is 4.42. The van der Waals surface area contributed by atoms with Crippen molar-refractivity contribution in [2.75, 3.05) is 5.32 Å². The average Bonchev–Trinajstić information content (AvgIpc) is 3.02. The fourth-order valence-corrected chi connectivity index (χ4v) is 5.29. The van der Waals surface area contributed by atoms with Crippen molar-refractivity contribution in [3.63, 3.8) is 0 Å². The molecule has 1 unspecified atom stereocenters. The number of Topliss-reactive ketones (excluding diaryl/α,β-unsaturated/α-hetero) is 1. The Morgan fingerprint density at radius 1 is 0.810 bits per heavy atom. The van der Waals surface area contributed by atoms with Gasteiger partial charge in [0.1, 0.15) is 0 Å². The molecule has 0 radical (unpaired) electrons. The van der Waals surface area contributed by atoms with Gasteiger partial charge in [-0.25, -0.2) is 0 Å². The number of benzene rings is 4. The molecule has 0 aromatic heterocycles. The van der Waals surface area contributed by atoms with Gasteiger partial charge in [0.05, 0.1) is 0 Å². The van der Waals surface area contributed by atoms with E-state index in [1.165, 1.54) is 11.9 Å². The van der Waals surface area contributed by atoms with E-state index in [4.69, 9.17) is 11.6 Å². The first-order chi connectivity index (χ1) is 20.4. The minimum atomic E-state index is -0.475. The number of amides is 2. The second kappa shape index (κ2) is 15.9. The normalized spacial score (nSPS) is 11.5. The lowest BCUT2D eigenvalue weighted by Gasteiger charge is -2.16. The van der Waals surface area contributed by atoms with E-state index >= 15 is 0 Å². The van der Waals surface area contributed by atoms with Crippen molar-refractivity contribution in [2.45, 2.75) is 50.3 Å². The molecule has 5 nitrogen and oxygen atoms in total. The molecule has 4 rings (SSSR count). The van der Waals surface area contributed by atoms with E-state index in [9.17, 15) is 14.4 Å². The van der Waals surface area contributed by atoms with Gasteiger partial charge in [0.2, 0.25) is 11.8 Å². The van der Waals surface area contributed by atoms with E-state index in [1.807, 2.05) is 91.0 Å². The minimum Gasteiger partial charge on any atom is -0.326 e. The topological polar surface area (TPSA) is 75.3 Å². The lowest BCUT2D eigenvalue weighted by Crippen LogP contribution is -2.28. The van der Waals surface area contributed by atoms with Crippen LogP contribution < -0.4 is 10.0 Å². The Morgan fingerprint density at radius 2 is 1.45 bits per heavy atom. The van der Waals surface area contributed by atoms with Crippen LogP contribution in [0.5, 0.6) is 0 Å². The number of hydrogen-bond acceptors (Lipinski definition) is 4. The Labute approximate surface area is 257 Å². The highest BCUT2D eigenvalue weighted by Crippen LogP contribution is 2.25. The first kappa shape index (κ1) is 31.1. The Kier molecular flexibility index (Phi) is 11.8. The number of carbonyl (C=O) groups excluding carboxylic acids is 3. The zero-order chi connectivity index (χ0) is 29.7. The average molecular weight is 599 g/mol. The first-order valence-electron chi connectivity index (χ1n) is 14.2. The first-order valence-corrected chi connectivity index (χ1v) is 15.4. The fourth-order valence-electron chi connectivity index (χ4n) is 4.50. The van der Waals surface area contributed by atoms with Crippen LogP contribution >= 0.6 is 23.5 Å². The van der Waals surface area contributed by atoms with Crippen LogP contribution in [0.25, 0.3) is 11.1 Å². The van der Waals surface area contributed by atoms with Gasteiger partial charge in [-0.15, -0.1) is 0 Å². The van der Waals surface area contributed by atoms with E-state index < -0.39 is 5.92 Å². The highest BCUT2D eigenvalue weighted by molar-refractivity contribution is 7.98. The van der Waals surface area contributed by atoms with Crippen molar-refractivity contribution in [3.8, 4) is 11.1 Å². The van der Waals surface area contributed by atoms with Gasteiger partial charge in [-0.2, -0.15) is 0 Å². The molecule has 0 fully saturated rings. The summed E-state index contributed by atoms with van der Waals surface area (Å²) in [5, 5.41) is 3.56. The predicted molar refractivity (Wildman–Crippen MR) is 173 cm³/mol. The molecule has 4 aromatic rings. The second-order valence-corrected chi connectivity index (χ2v) is 11.5. The minimum absolute atomic E-state index is 0.0202. The number of unbranched alkanes of at least 4 members (excludes halogenated alkanes) is 1. The number of carbonyl (C=O) groups is 3.